The number of carbonyl (C=O) groups is 3. The van der Waals surface area contributed by atoms with Crippen LogP contribution in [0.5, 0.6) is 0 Å². The monoisotopic (exact) mass is 578 g/mol. The number of alkyl halides is 1. The number of nitrogens with one attached hydrogen (secondary N) is 1. The molecule has 7 rings (SSSR count). The van der Waals surface area contributed by atoms with E-state index in [2.05, 4.69) is 5.32 Å². The van der Waals surface area contributed by atoms with E-state index in [9.17, 15) is 18.8 Å². The Labute approximate surface area is 246 Å². The van der Waals surface area contributed by atoms with E-state index in [0.29, 0.717) is 36.7 Å². The van der Waals surface area contributed by atoms with E-state index in [0.717, 1.165) is 62.3 Å². The normalized spacial score (nSPS) is 29.8. The highest BCUT2D eigenvalue weighted by molar-refractivity contribution is 6.02. The smallest absolute Gasteiger partial charge is 0.357 e. The van der Waals surface area contributed by atoms with Crippen molar-refractivity contribution in [2.75, 3.05) is 18.5 Å². The molecule has 2 aromatic rings. The Morgan fingerprint density at radius 2 is 1.79 bits per heavy atom. The number of hydrogen-bond acceptors (Lipinski definition) is 5. The van der Waals surface area contributed by atoms with Gasteiger partial charge in [0.2, 0.25) is 11.8 Å². The van der Waals surface area contributed by atoms with Gasteiger partial charge in [-0.15, -0.1) is 0 Å². The summed E-state index contributed by atoms with van der Waals surface area (Å²) >= 11 is 0. The van der Waals surface area contributed by atoms with Gasteiger partial charge in [-0.2, -0.15) is 0 Å². The van der Waals surface area contributed by atoms with Gasteiger partial charge in [0.05, 0.1) is 5.52 Å². The molecule has 3 heterocycles. The van der Waals surface area contributed by atoms with Crippen molar-refractivity contribution in [3.05, 3.63) is 30.0 Å². The van der Waals surface area contributed by atoms with Crippen LogP contribution >= 0.6 is 0 Å². The third-order valence-electron chi connectivity index (χ3n) is 11.3. The molecule has 226 valence electrons. The number of aromatic nitrogens is 1. The summed E-state index contributed by atoms with van der Waals surface area (Å²) in [5.41, 5.74) is 7.60. The van der Waals surface area contributed by atoms with Crippen molar-refractivity contribution >= 4 is 34.4 Å². The third-order valence-corrected chi connectivity index (χ3v) is 11.3. The Kier molecular flexibility index (Phi) is 7.27. The largest absolute Gasteiger partial charge is 0.434 e. The number of hydrogen-bond donors (Lipinski definition) is 2. The molecule has 1 spiro atoms. The number of carbonyl (C=O) groups excluding carboxylic acids is 3. The minimum atomic E-state index is -0.549. The van der Waals surface area contributed by atoms with Gasteiger partial charge in [-0.1, -0.05) is 32.1 Å². The first kappa shape index (κ1) is 27.9. The van der Waals surface area contributed by atoms with Gasteiger partial charge >= 0.3 is 5.97 Å². The van der Waals surface area contributed by atoms with Crippen LogP contribution in [0.4, 0.5) is 10.1 Å². The summed E-state index contributed by atoms with van der Waals surface area (Å²) in [6, 6.07) is 6.72. The highest BCUT2D eigenvalue weighted by Gasteiger charge is 2.51. The second kappa shape index (κ2) is 11.0. The minimum Gasteiger partial charge on any atom is -0.434 e. The fraction of sp³-hybridized carbons (Fsp3) is 0.667. The molecule has 3 atom stereocenters. The molecular weight excluding hydrogens is 535 g/mol. The van der Waals surface area contributed by atoms with Gasteiger partial charge in [0.15, 0.2) is 5.72 Å². The van der Waals surface area contributed by atoms with Crippen LogP contribution in [0.1, 0.15) is 94.0 Å². The molecule has 4 fully saturated rings. The predicted molar refractivity (Wildman–Crippen MR) is 157 cm³/mol. The van der Waals surface area contributed by atoms with Crippen LogP contribution in [-0.2, 0) is 20.1 Å². The molecule has 1 aromatic heterocycles. The summed E-state index contributed by atoms with van der Waals surface area (Å²) in [5, 5.41) is 4.07. The van der Waals surface area contributed by atoms with Gasteiger partial charge in [-0.25, -0.2) is 9.18 Å². The molecule has 8 nitrogen and oxygen atoms in total. The lowest BCUT2D eigenvalue weighted by Crippen LogP contribution is -2.50. The Bertz CT molecular complexity index is 1370. The molecule has 3 aliphatic carbocycles. The van der Waals surface area contributed by atoms with Gasteiger partial charge in [0.25, 0.3) is 0 Å². The summed E-state index contributed by atoms with van der Waals surface area (Å²) < 4.78 is 20.9. The highest BCUT2D eigenvalue weighted by Crippen LogP contribution is 2.48. The highest BCUT2D eigenvalue weighted by atomic mass is 19.1. The second-order valence-electron chi connectivity index (χ2n) is 13.6. The van der Waals surface area contributed by atoms with Crippen molar-refractivity contribution < 1.29 is 23.5 Å². The minimum absolute atomic E-state index is 0.0735. The zero-order valence-electron chi connectivity index (χ0n) is 24.4. The number of anilines is 1. The fourth-order valence-corrected chi connectivity index (χ4v) is 8.78. The zero-order chi connectivity index (χ0) is 29.0. The molecule has 5 aliphatic rings. The quantitative estimate of drug-likeness (QED) is 0.441. The topological polar surface area (TPSA) is 107 Å². The van der Waals surface area contributed by atoms with Crippen molar-refractivity contribution in [2.45, 2.75) is 101 Å². The molecule has 3 saturated carbocycles. The number of fused-ring (bicyclic) bond motifs is 4. The lowest BCUT2D eigenvalue weighted by atomic mass is 9.76. The van der Waals surface area contributed by atoms with Gasteiger partial charge < -0.3 is 20.7 Å². The lowest BCUT2D eigenvalue weighted by molar-refractivity contribution is -0.142. The first-order valence-electron chi connectivity index (χ1n) is 16.2. The SMILES string of the molecule is N[C@H](CF)C1CCC(C(=O)N2CC[C@@H](C3CCCCC3)[C@H]2C(=O)Nc2ccc3c(c2)cc2n3C3(CCC3)OC2=O)CC1. The van der Waals surface area contributed by atoms with Gasteiger partial charge in [-0.3, -0.25) is 14.2 Å². The number of nitrogens with two attached hydrogens (primary N) is 1. The summed E-state index contributed by atoms with van der Waals surface area (Å²) in [5.74, 6) is 0.265. The molecule has 2 aliphatic heterocycles. The van der Waals surface area contributed by atoms with E-state index in [-0.39, 0.29) is 35.5 Å². The van der Waals surface area contributed by atoms with Gasteiger partial charge in [-0.05, 0) is 80.5 Å². The van der Waals surface area contributed by atoms with Crippen LogP contribution in [0.15, 0.2) is 24.3 Å². The Morgan fingerprint density at radius 1 is 1.02 bits per heavy atom. The average molecular weight is 579 g/mol. The van der Waals surface area contributed by atoms with E-state index in [1.807, 2.05) is 33.7 Å². The van der Waals surface area contributed by atoms with E-state index in [1.54, 1.807) is 0 Å². The van der Waals surface area contributed by atoms with Crippen molar-refractivity contribution in [1.82, 2.24) is 9.47 Å². The second-order valence-corrected chi connectivity index (χ2v) is 13.6. The Hall–Kier alpha value is -2.94. The van der Waals surface area contributed by atoms with Gasteiger partial charge in [0.1, 0.15) is 18.4 Å². The summed E-state index contributed by atoms with van der Waals surface area (Å²) in [7, 11) is 0. The molecule has 1 aromatic carbocycles. The van der Waals surface area contributed by atoms with Crippen LogP contribution in [0.3, 0.4) is 0 Å². The molecule has 2 amide bonds. The van der Waals surface area contributed by atoms with Crippen molar-refractivity contribution in [2.24, 2.45) is 29.4 Å². The molecule has 0 radical (unpaired) electrons. The number of amides is 2. The van der Waals surface area contributed by atoms with Crippen molar-refractivity contribution in [3.63, 3.8) is 0 Å². The number of ether oxygens (including phenoxy) is 1. The molecule has 9 heteroatoms. The predicted octanol–water partition coefficient (Wildman–Crippen LogP) is 5.49. The fourth-order valence-electron chi connectivity index (χ4n) is 8.78. The van der Waals surface area contributed by atoms with Crippen molar-refractivity contribution in [1.29, 1.82) is 0 Å². The first-order chi connectivity index (χ1) is 20.4. The number of likely N-dealkylation sites (tertiary alicyclic amines) is 1. The van der Waals surface area contributed by atoms with Crippen molar-refractivity contribution in [3.8, 4) is 0 Å². The van der Waals surface area contributed by atoms with Crippen LogP contribution in [0.2, 0.25) is 0 Å². The molecule has 1 saturated heterocycles. The van der Waals surface area contributed by atoms with Gasteiger partial charge in [0, 0.05) is 42.4 Å². The van der Waals surface area contributed by atoms with Crippen LogP contribution in [0, 0.1) is 23.7 Å². The van der Waals surface area contributed by atoms with E-state index >= 15 is 0 Å². The summed E-state index contributed by atoms with van der Waals surface area (Å²) in [4.78, 5) is 42.5. The maximum Gasteiger partial charge on any atom is 0.357 e. The molecule has 3 N–H and O–H groups in total. The van der Waals surface area contributed by atoms with E-state index < -0.39 is 24.5 Å². The maximum absolute atomic E-state index is 14.1. The van der Waals surface area contributed by atoms with Crippen LogP contribution in [0.25, 0.3) is 10.9 Å². The number of rotatable bonds is 6. The lowest BCUT2D eigenvalue weighted by Gasteiger charge is -2.38. The molecule has 0 bridgehead atoms. The standard InChI is InChI=1S/C33H43FN4O4/c34-19-26(35)21-7-9-22(10-8-21)31(40)37-16-13-25(20-5-2-1-3-6-20)29(37)30(39)36-24-11-12-27-23(17-24)18-28-32(41)42-33(38(27)28)14-4-15-33/h11-12,17-18,20-22,25-26,29H,1-10,13-16,19,35H2,(H,36,39)/t21?,22?,25-,26+,29-/m0/s1. The zero-order valence-corrected chi connectivity index (χ0v) is 24.4. The number of esters is 1. The molecule has 42 heavy (non-hydrogen) atoms. The molecule has 0 unspecified atom stereocenters. The Balaban J connectivity index is 1.11. The van der Waals surface area contributed by atoms with Crippen LogP contribution < -0.4 is 11.1 Å². The number of benzene rings is 1. The number of halogens is 1. The van der Waals surface area contributed by atoms with Crippen LogP contribution in [-0.4, -0.2) is 52.6 Å². The first-order valence-corrected chi connectivity index (χ1v) is 16.2. The van der Waals surface area contributed by atoms with E-state index in [4.69, 9.17) is 10.5 Å². The Morgan fingerprint density at radius 3 is 2.48 bits per heavy atom. The number of nitrogens with zero attached hydrogens (tertiary/aromatic N) is 2. The summed E-state index contributed by atoms with van der Waals surface area (Å²) in [6.07, 6.45) is 12.3. The molecular formula is C33H43FN4O4. The van der Waals surface area contributed by atoms with E-state index in [1.165, 1.54) is 19.3 Å². The maximum atomic E-state index is 14.1. The summed E-state index contributed by atoms with van der Waals surface area (Å²) in [6.45, 7) is 0.0843. The third kappa shape index (κ3) is 4.63. The average Bonchev–Trinajstić information content (AvgIpc) is 3.69.